The Morgan fingerprint density at radius 2 is 2.53 bits per heavy atom. The monoisotopic (exact) mass is 253 g/mol. The Labute approximate surface area is 106 Å². The number of nitrogens with two attached hydrogens (primary N) is 1. The minimum atomic E-state index is 0.0382. The van der Waals surface area contributed by atoms with Crippen LogP contribution in [-0.2, 0) is 0 Å². The van der Waals surface area contributed by atoms with Gasteiger partial charge < -0.3 is 10.6 Å². The van der Waals surface area contributed by atoms with E-state index in [1.165, 1.54) is 17.8 Å². The van der Waals surface area contributed by atoms with E-state index in [9.17, 15) is 4.79 Å². The van der Waals surface area contributed by atoms with Gasteiger partial charge in [-0.25, -0.2) is 4.98 Å². The van der Waals surface area contributed by atoms with E-state index < -0.39 is 0 Å². The highest BCUT2D eigenvalue weighted by molar-refractivity contribution is 7.07. The summed E-state index contributed by atoms with van der Waals surface area (Å²) in [6.07, 6.45) is 3.29. The molecule has 1 amide bonds. The lowest BCUT2D eigenvalue weighted by atomic mass is 9.89. The highest BCUT2D eigenvalue weighted by Gasteiger charge is 2.31. The fourth-order valence-corrected chi connectivity index (χ4v) is 2.99. The zero-order chi connectivity index (χ0) is 12.3. The third kappa shape index (κ3) is 2.66. The van der Waals surface area contributed by atoms with Gasteiger partial charge in [0.05, 0.1) is 5.51 Å². The van der Waals surface area contributed by atoms with Crippen LogP contribution in [0.5, 0.6) is 0 Å². The molecule has 2 N–H and O–H groups in total. The van der Waals surface area contributed by atoms with Gasteiger partial charge in [0.2, 0.25) is 0 Å². The number of likely N-dealkylation sites (tertiary alicyclic amines) is 1. The topological polar surface area (TPSA) is 59.2 Å². The molecule has 17 heavy (non-hydrogen) atoms. The molecule has 1 aromatic rings. The van der Waals surface area contributed by atoms with E-state index in [4.69, 9.17) is 5.73 Å². The quantitative estimate of drug-likeness (QED) is 0.892. The highest BCUT2D eigenvalue weighted by atomic mass is 32.1. The van der Waals surface area contributed by atoms with Crippen molar-refractivity contribution in [2.75, 3.05) is 13.1 Å². The third-order valence-electron chi connectivity index (χ3n) is 3.59. The minimum absolute atomic E-state index is 0.0382. The van der Waals surface area contributed by atoms with Crippen LogP contribution in [0, 0.1) is 5.92 Å². The Kier molecular flexibility index (Phi) is 4.12. The van der Waals surface area contributed by atoms with E-state index in [1.807, 2.05) is 10.3 Å². The zero-order valence-corrected chi connectivity index (χ0v) is 10.9. The Morgan fingerprint density at radius 1 is 1.71 bits per heavy atom. The molecule has 0 aliphatic carbocycles. The van der Waals surface area contributed by atoms with Gasteiger partial charge in [0, 0.05) is 24.5 Å². The molecule has 0 radical (unpaired) electrons. The van der Waals surface area contributed by atoms with Gasteiger partial charge in [-0.3, -0.25) is 4.79 Å². The van der Waals surface area contributed by atoms with Gasteiger partial charge >= 0.3 is 0 Å². The Balaban J connectivity index is 2.07. The van der Waals surface area contributed by atoms with Crippen LogP contribution in [0.3, 0.4) is 0 Å². The van der Waals surface area contributed by atoms with Crippen LogP contribution in [0.4, 0.5) is 0 Å². The summed E-state index contributed by atoms with van der Waals surface area (Å²) in [5, 5.41) is 1.81. The van der Waals surface area contributed by atoms with E-state index in [-0.39, 0.29) is 11.9 Å². The van der Waals surface area contributed by atoms with Crippen molar-refractivity contribution >= 4 is 17.2 Å². The molecule has 5 heteroatoms. The molecule has 94 valence electrons. The number of carbonyl (C=O) groups excluding carboxylic acids is 1. The summed E-state index contributed by atoms with van der Waals surface area (Å²) < 4.78 is 0. The van der Waals surface area contributed by atoms with Crippen molar-refractivity contribution in [1.29, 1.82) is 0 Å². The summed E-state index contributed by atoms with van der Waals surface area (Å²) in [5.74, 6) is 0.749. The molecule has 4 nitrogen and oxygen atoms in total. The van der Waals surface area contributed by atoms with Crippen LogP contribution in [0.2, 0.25) is 0 Å². The molecule has 0 spiro atoms. The van der Waals surface area contributed by atoms with E-state index in [0.29, 0.717) is 18.2 Å². The Morgan fingerprint density at radius 3 is 3.12 bits per heavy atom. The lowest BCUT2D eigenvalue weighted by Crippen LogP contribution is -2.49. The second kappa shape index (κ2) is 5.60. The lowest BCUT2D eigenvalue weighted by Gasteiger charge is -2.38. The van der Waals surface area contributed by atoms with Crippen LogP contribution in [-0.4, -0.2) is 34.9 Å². The molecule has 2 heterocycles. The number of rotatable bonds is 3. The van der Waals surface area contributed by atoms with E-state index in [2.05, 4.69) is 11.9 Å². The summed E-state index contributed by atoms with van der Waals surface area (Å²) in [7, 11) is 0. The molecule has 0 bridgehead atoms. The second-order valence-corrected chi connectivity index (χ2v) is 5.28. The number of hydrogen-bond acceptors (Lipinski definition) is 4. The molecule has 1 saturated heterocycles. The first-order valence-electron chi connectivity index (χ1n) is 6.15. The smallest absolute Gasteiger partial charge is 0.273 e. The van der Waals surface area contributed by atoms with Gasteiger partial charge in [-0.2, -0.15) is 0 Å². The van der Waals surface area contributed by atoms with Crippen LogP contribution < -0.4 is 5.73 Å². The van der Waals surface area contributed by atoms with Crippen molar-refractivity contribution in [3.63, 3.8) is 0 Å². The SMILES string of the molecule is CCC1CCN(C(=O)c2cscn2)C(CN)C1. The number of piperidine rings is 1. The first kappa shape index (κ1) is 12.5. The maximum Gasteiger partial charge on any atom is 0.273 e. The normalized spacial score (nSPS) is 24.9. The van der Waals surface area contributed by atoms with E-state index >= 15 is 0 Å². The van der Waals surface area contributed by atoms with Crippen molar-refractivity contribution in [3.05, 3.63) is 16.6 Å². The Bertz CT molecular complexity index is 366. The largest absolute Gasteiger partial charge is 0.333 e. The molecule has 1 aromatic heterocycles. The van der Waals surface area contributed by atoms with Gasteiger partial charge in [0.15, 0.2) is 0 Å². The minimum Gasteiger partial charge on any atom is -0.333 e. The summed E-state index contributed by atoms with van der Waals surface area (Å²) in [5.41, 5.74) is 8.05. The standard InChI is InChI=1S/C12H19N3OS/c1-2-9-3-4-15(10(5-9)6-13)12(16)11-7-17-8-14-11/h7-10H,2-6,13H2,1H3. The van der Waals surface area contributed by atoms with Crippen LogP contribution >= 0.6 is 11.3 Å². The highest BCUT2D eigenvalue weighted by Crippen LogP contribution is 2.26. The fraction of sp³-hybridized carbons (Fsp3) is 0.667. The molecular weight excluding hydrogens is 234 g/mol. The maximum atomic E-state index is 12.2. The molecule has 0 aromatic carbocycles. The maximum absolute atomic E-state index is 12.2. The van der Waals surface area contributed by atoms with Gasteiger partial charge in [0.1, 0.15) is 5.69 Å². The third-order valence-corrected chi connectivity index (χ3v) is 4.17. The molecule has 2 atom stereocenters. The molecular formula is C12H19N3OS. The number of amides is 1. The first-order valence-corrected chi connectivity index (χ1v) is 7.09. The molecule has 1 aliphatic heterocycles. The van der Waals surface area contributed by atoms with Crippen molar-refractivity contribution < 1.29 is 4.79 Å². The van der Waals surface area contributed by atoms with Crippen LogP contribution in [0.15, 0.2) is 10.9 Å². The van der Waals surface area contributed by atoms with Gasteiger partial charge in [-0.1, -0.05) is 13.3 Å². The van der Waals surface area contributed by atoms with Gasteiger partial charge in [-0.05, 0) is 18.8 Å². The van der Waals surface area contributed by atoms with Gasteiger partial charge in [-0.15, -0.1) is 11.3 Å². The van der Waals surface area contributed by atoms with E-state index in [0.717, 1.165) is 19.4 Å². The van der Waals surface area contributed by atoms with Crippen LogP contribution in [0.25, 0.3) is 0 Å². The molecule has 1 aliphatic rings. The number of hydrogen-bond donors (Lipinski definition) is 1. The van der Waals surface area contributed by atoms with Crippen molar-refractivity contribution in [3.8, 4) is 0 Å². The predicted octanol–water partition coefficient (Wildman–Crippen LogP) is 1.73. The summed E-state index contributed by atoms with van der Waals surface area (Å²) in [6, 6.07) is 0.183. The summed E-state index contributed by atoms with van der Waals surface area (Å²) in [6.45, 7) is 3.57. The summed E-state index contributed by atoms with van der Waals surface area (Å²) in [4.78, 5) is 18.2. The average Bonchev–Trinajstić information content (AvgIpc) is 2.91. The number of nitrogens with zero attached hydrogens (tertiary/aromatic N) is 2. The fourth-order valence-electron chi connectivity index (χ4n) is 2.46. The average molecular weight is 253 g/mol. The zero-order valence-electron chi connectivity index (χ0n) is 10.1. The van der Waals surface area contributed by atoms with Gasteiger partial charge in [0.25, 0.3) is 5.91 Å². The number of carbonyl (C=O) groups is 1. The predicted molar refractivity (Wildman–Crippen MR) is 69.0 cm³/mol. The van der Waals surface area contributed by atoms with Crippen molar-refractivity contribution in [2.24, 2.45) is 11.7 Å². The summed E-state index contributed by atoms with van der Waals surface area (Å²) >= 11 is 1.46. The lowest BCUT2D eigenvalue weighted by molar-refractivity contribution is 0.0553. The van der Waals surface area contributed by atoms with Crippen molar-refractivity contribution in [2.45, 2.75) is 32.2 Å². The molecule has 2 unspecified atom stereocenters. The first-order chi connectivity index (χ1) is 8.26. The molecule has 0 saturated carbocycles. The van der Waals surface area contributed by atoms with Crippen LogP contribution in [0.1, 0.15) is 36.7 Å². The van der Waals surface area contributed by atoms with Crippen molar-refractivity contribution in [1.82, 2.24) is 9.88 Å². The second-order valence-electron chi connectivity index (χ2n) is 4.56. The van der Waals surface area contributed by atoms with E-state index in [1.54, 1.807) is 5.51 Å². The number of aromatic nitrogens is 1. The number of thiazole rings is 1. The Hall–Kier alpha value is -0.940. The molecule has 2 rings (SSSR count). The molecule has 1 fully saturated rings.